The number of hydrogen-bond donors (Lipinski definition) is 0. The molecule has 0 aliphatic rings. The Bertz CT molecular complexity index is 363. The van der Waals surface area contributed by atoms with Crippen LogP contribution in [0.2, 0.25) is 0 Å². The zero-order valence-corrected chi connectivity index (χ0v) is 11.3. The molecule has 0 bridgehead atoms. The second-order valence-electron chi connectivity index (χ2n) is 3.14. The van der Waals surface area contributed by atoms with Gasteiger partial charge in [-0.3, -0.25) is 0 Å². The van der Waals surface area contributed by atoms with Crippen molar-refractivity contribution in [1.29, 1.82) is 0 Å². The fourth-order valence-corrected chi connectivity index (χ4v) is 1.70. The maximum absolute atomic E-state index is 5.31. The molecule has 0 aromatic heterocycles. The molecule has 0 heterocycles. The van der Waals surface area contributed by atoms with E-state index in [2.05, 4.69) is 22.5 Å². The van der Waals surface area contributed by atoms with E-state index in [1.165, 1.54) is 0 Å². The van der Waals surface area contributed by atoms with Gasteiger partial charge in [0.15, 0.2) is 0 Å². The number of rotatable bonds is 5. The van der Waals surface area contributed by atoms with Gasteiger partial charge >= 0.3 is 0 Å². The molecular weight excluding hydrogens is 272 g/mol. The number of hydrogen-bond acceptors (Lipinski definition) is 3. The largest absolute Gasteiger partial charge is 0.496 e. The number of allylic oxidation sites excluding steroid dienone is 1. The minimum atomic E-state index is 0.659. The number of halogens is 1. The first-order chi connectivity index (χ1) is 7.67. The average Bonchev–Trinajstić information content (AvgIpc) is 2.35. The maximum Gasteiger partial charge on any atom is 0.133 e. The van der Waals surface area contributed by atoms with Crippen LogP contribution in [0, 0.1) is 0 Å². The molecule has 0 aliphatic heterocycles. The molecule has 88 valence electrons. The number of benzene rings is 1. The Labute approximate surface area is 104 Å². The van der Waals surface area contributed by atoms with Gasteiger partial charge in [0, 0.05) is 17.5 Å². The minimum absolute atomic E-state index is 0.659. The van der Waals surface area contributed by atoms with Crippen LogP contribution >= 0.6 is 15.9 Å². The molecule has 16 heavy (non-hydrogen) atoms. The smallest absolute Gasteiger partial charge is 0.133 e. The highest BCUT2D eigenvalue weighted by atomic mass is 79.9. The normalized spacial score (nSPS) is 9.75. The molecule has 1 aromatic rings. The Morgan fingerprint density at radius 1 is 1.12 bits per heavy atom. The van der Waals surface area contributed by atoms with Gasteiger partial charge in [-0.25, -0.2) is 0 Å². The van der Waals surface area contributed by atoms with Crippen LogP contribution in [-0.4, -0.2) is 26.7 Å². The summed E-state index contributed by atoms with van der Waals surface area (Å²) in [5.74, 6) is 2.08. The van der Waals surface area contributed by atoms with Crippen LogP contribution in [0.1, 0.15) is 5.56 Å². The molecule has 1 rings (SSSR count). The fourth-order valence-electron chi connectivity index (χ4n) is 1.42. The van der Waals surface area contributed by atoms with Crippen molar-refractivity contribution in [2.24, 2.45) is 0 Å². The standard InChI is InChI=1S/C12H15BrO3/c1-8(7-13)12-10(15-3)5-9(14-2)6-11(12)16-4/h5-6H,1,7H2,2-4H3. The highest BCUT2D eigenvalue weighted by Gasteiger charge is 2.15. The van der Waals surface area contributed by atoms with Gasteiger partial charge in [-0.15, -0.1) is 0 Å². The van der Waals surface area contributed by atoms with Crippen molar-refractivity contribution in [2.45, 2.75) is 0 Å². The Balaban J connectivity index is 3.37. The van der Waals surface area contributed by atoms with Gasteiger partial charge in [0.2, 0.25) is 0 Å². The van der Waals surface area contributed by atoms with Gasteiger partial charge in [0.05, 0.1) is 26.9 Å². The summed E-state index contributed by atoms with van der Waals surface area (Å²) in [6.07, 6.45) is 0. The molecule has 0 aliphatic carbocycles. The Kier molecular flexibility index (Phi) is 4.68. The first kappa shape index (κ1) is 12.9. The minimum Gasteiger partial charge on any atom is -0.496 e. The van der Waals surface area contributed by atoms with Gasteiger partial charge in [-0.2, -0.15) is 0 Å². The van der Waals surface area contributed by atoms with Gasteiger partial charge < -0.3 is 14.2 Å². The lowest BCUT2D eigenvalue weighted by Crippen LogP contribution is -1.98. The number of ether oxygens (including phenoxy) is 3. The predicted octanol–water partition coefficient (Wildman–Crippen LogP) is 3.12. The third-order valence-corrected chi connectivity index (χ3v) is 2.91. The zero-order chi connectivity index (χ0) is 12.1. The van der Waals surface area contributed by atoms with Gasteiger partial charge in [-0.05, 0) is 5.57 Å². The lowest BCUT2D eigenvalue weighted by molar-refractivity contribution is 0.373. The second-order valence-corrected chi connectivity index (χ2v) is 3.70. The molecule has 0 fully saturated rings. The van der Waals surface area contributed by atoms with Crippen molar-refractivity contribution in [3.05, 3.63) is 24.3 Å². The third-order valence-electron chi connectivity index (χ3n) is 2.23. The summed E-state index contributed by atoms with van der Waals surface area (Å²) in [6, 6.07) is 3.62. The van der Waals surface area contributed by atoms with Crippen molar-refractivity contribution in [3.8, 4) is 17.2 Å². The SMILES string of the molecule is C=C(CBr)c1c(OC)cc(OC)cc1OC. The van der Waals surface area contributed by atoms with Crippen LogP contribution < -0.4 is 14.2 Å². The van der Waals surface area contributed by atoms with Crippen molar-refractivity contribution in [2.75, 3.05) is 26.7 Å². The van der Waals surface area contributed by atoms with Crippen molar-refractivity contribution in [1.82, 2.24) is 0 Å². The van der Waals surface area contributed by atoms with E-state index in [0.717, 1.165) is 11.1 Å². The third kappa shape index (κ3) is 2.50. The highest BCUT2D eigenvalue weighted by molar-refractivity contribution is 9.09. The zero-order valence-electron chi connectivity index (χ0n) is 9.67. The molecule has 0 saturated carbocycles. The van der Waals surface area contributed by atoms with Crippen LogP contribution in [0.3, 0.4) is 0 Å². The summed E-state index contributed by atoms with van der Waals surface area (Å²) in [5.41, 5.74) is 1.76. The van der Waals surface area contributed by atoms with Crippen LogP contribution in [0.5, 0.6) is 17.2 Å². The highest BCUT2D eigenvalue weighted by Crippen LogP contribution is 2.38. The number of methoxy groups -OCH3 is 3. The second kappa shape index (κ2) is 5.80. The van der Waals surface area contributed by atoms with E-state index in [0.29, 0.717) is 22.6 Å². The fraction of sp³-hybridized carbons (Fsp3) is 0.333. The van der Waals surface area contributed by atoms with E-state index in [1.807, 2.05) is 12.1 Å². The quantitative estimate of drug-likeness (QED) is 0.779. The van der Waals surface area contributed by atoms with Gasteiger partial charge in [0.25, 0.3) is 0 Å². The van der Waals surface area contributed by atoms with E-state index in [9.17, 15) is 0 Å². The summed E-state index contributed by atoms with van der Waals surface area (Å²) >= 11 is 3.37. The molecular formula is C12H15BrO3. The Morgan fingerprint density at radius 3 is 1.94 bits per heavy atom. The Hall–Kier alpha value is -1.16. The van der Waals surface area contributed by atoms with Crippen LogP contribution in [0.25, 0.3) is 5.57 Å². The van der Waals surface area contributed by atoms with Crippen LogP contribution in [0.15, 0.2) is 18.7 Å². The molecule has 1 aromatic carbocycles. The lowest BCUT2D eigenvalue weighted by atomic mass is 10.1. The molecule has 4 heteroatoms. The average molecular weight is 287 g/mol. The summed E-state index contributed by atoms with van der Waals surface area (Å²) in [5, 5.41) is 0.659. The van der Waals surface area contributed by atoms with E-state index in [1.54, 1.807) is 21.3 Å². The van der Waals surface area contributed by atoms with E-state index < -0.39 is 0 Å². The van der Waals surface area contributed by atoms with Crippen molar-refractivity contribution in [3.63, 3.8) is 0 Å². The van der Waals surface area contributed by atoms with Gasteiger partial charge in [0.1, 0.15) is 17.2 Å². The molecule has 0 amide bonds. The first-order valence-corrected chi connectivity index (χ1v) is 5.84. The molecule has 0 radical (unpaired) electrons. The molecule has 0 unspecified atom stereocenters. The van der Waals surface area contributed by atoms with Crippen molar-refractivity contribution < 1.29 is 14.2 Å². The first-order valence-electron chi connectivity index (χ1n) is 4.72. The topological polar surface area (TPSA) is 27.7 Å². The predicted molar refractivity (Wildman–Crippen MR) is 68.9 cm³/mol. The van der Waals surface area contributed by atoms with E-state index in [4.69, 9.17) is 14.2 Å². The van der Waals surface area contributed by atoms with E-state index >= 15 is 0 Å². The molecule has 0 saturated heterocycles. The molecule has 0 N–H and O–H groups in total. The summed E-state index contributed by atoms with van der Waals surface area (Å²) in [7, 11) is 4.83. The molecule has 3 nitrogen and oxygen atoms in total. The number of alkyl halides is 1. The Morgan fingerprint density at radius 2 is 1.62 bits per heavy atom. The van der Waals surface area contributed by atoms with E-state index in [-0.39, 0.29) is 0 Å². The molecule has 0 spiro atoms. The van der Waals surface area contributed by atoms with Crippen molar-refractivity contribution >= 4 is 21.5 Å². The van der Waals surface area contributed by atoms with Gasteiger partial charge in [-0.1, -0.05) is 22.5 Å². The maximum atomic E-state index is 5.31. The summed E-state index contributed by atoms with van der Waals surface area (Å²) < 4.78 is 15.8. The molecule has 0 atom stereocenters. The summed E-state index contributed by atoms with van der Waals surface area (Å²) in [6.45, 7) is 3.97. The van der Waals surface area contributed by atoms with Crippen LogP contribution in [0.4, 0.5) is 0 Å². The lowest BCUT2D eigenvalue weighted by Gasteiger charge is -2.15. The van der Waals surface area contributed by atoms with Crippen LogP contribution in [-0.2, 0) is 0 Å². The monoisotopic (exact) mass is 286 g/mol. The summed E-state index contributed by atoms with van der Waals surface area (Å²) in [4.78, 5) is 0.